The van der Waals surface area contributed by atoms with Gasteiger partial charge >= 0.3 is 5.97 Å². The van der Waals surface area contributed by atoms with Crippen molar-refractivity contribution in [1.29, 1.82) is 0 Å². The molecule has 0 radical (unpaired) electrons. The van der Waals surface area contributed by atoms with Gasteiger partial charge in [-0.05, 0) is 24.6 Å². The first-order valence-electron chi connectivity index (χ1n) is 7.74. The Kier molecular flexibility index (Phi) is 7.16. The lowest BCUT2D eigenvalue weighted by Gasteiger charge is -2.14. The summed E-state index contributed by atoms with van der Waals surface area (Å²) in [7, 11) is 0. The smallest absolute Gasteiger partial charge is 0.306 e. The van der Waals surface area contributed by atoms with Crippen molar-refractivity contribution in [1.82, 2.24) is 5.32 Å². The van der Waals surface area contributed by atoms with Crippen LogP contribution < -0.4 is 5.32 Å². The molecule has 0 aliphatic heterocycles. The second-order valence-corrected chi connectivity index (χ2v) is 7.10. The Bertz CT molecular complexity index is 745. The molecule has 7 heteroatoms. The molecule has 0 spiro atoms. The second kappa shape index (κ2) is 9.34. The van der Waals surface area contributed by atoms with E-state index < -0.39 is 5.97 Å². The Morgan fingerprint density at radius 2 is 1.84 bits per heavy atom. The van der Waals surface area contributed by atoms with Crippen LogP contribution in [0.4, 0.5) is 0 Å². The molecule has 1 heterocycles. The van der Waals surface area contributed by atoms with Crippen molar-refractivity contribution in [2.75, 3.05) is 6.61 Å². The SMILES string of the molecule is C[C@@H](NC(=O)COC(=O)CCC(=O)c1ccc(Cl)s1)c1ccccc1. The molecule has 0 fully saturated rings. The molecule has 0 saturated heterocycles. The Morgan fingerprint density at radius 1 is 1.12 bits per heavy atom. The summed E-state index contributed by atoms with van der Waals surface area (Å²) in [5, 5.41) is 2.75. The molecular weight excluding hydrogens is 362 g/mol. The van der Waals surface area contributed by atoms with Crippen LogP contribution in [-0.4, -0.2) is 24.3 Å². The fourth-order valence-corrected chi connectivity index (χ4v) is 3.14. The van der Waals surface area contributed by atoms with E-state index in [1.54, 1.807) is 12.1 Å². The maximum absolute atomic E-state index is 11.9. The van der Waals surface area contributed by atoms with Crippen molar-refractivity contribution in [3.05, 3.63) is 57.2 Å². The number of rotatable bonds is 8. The van der Waals surface area contributed by atoms with Crippen molar-refractivity contribution in [3.63, 3.8) is 0 Å². The monoisotopic (exact) mass is 379 g/mol. The molecule has 0 aliphatic rings. The Hall–Kier alpha value is -2.18. The molecule has 1 amide bonds. The number of esters is 1. The van der Waals surface area contributed by atoms with E-state index in [2.05, 4.69) is 5.32 Å². The molecular formula is C18H18ClNO4S. The number of benzene rings is 1. The number of ketones is 1. The molecule has 1 atom stereocenters. The molecule has 25 heavy (non-hydrogen) atoms. The lowest BCUT2D eigenvalue weighted by atomic mass is 10.1. The number of Topliss-reactive ketones (excluding diaryl/α,β-unsaturated/α-hetero) is 1. The highest BCUT2D eigenvalue weighted by atomic mass is 35.5. The topological polar surface area (TPSA) is 72.5 Å². The number of amides is 1. The lowest BCUT2D eigenvalue weighted by molar-refractivity contribution is -0.148. The highest BCUT2D eigenvalue weighted by Crippen LogP contribution is 2.22. The van der Waals surface area contributed by atoms with Crippen LogP contribution in [0.25, 0.3) is 0 Å². The molecule has 2 aromatic rings. The molecule has 0 unspecified atom stereocenters. The Morgan fingerprint density at radius 3 is 2.48 bits per heavy atom. The van der Waals surface area contributed by atoms with Gasteiger partial charge in [0, 0.05) is 6.42 Å². The first-order chi connectivity index (χ1) is 12.0. The predicted octanol–water partition coefficient (Wildman–Crippen LogP) is 3.79. The highest BCUT2D eigenvalue weighted by Gasteiger charge is 2.14. The molecule has 1 aromatic heterocycles. The first kappa shape index (κ1) is 19.1. The van der Waals surface area contributed by atoms with Crippen LogP contribution in [0.15, 0.2) is 42.5 Å². The number of thiophene rings is 1. The van der Waals surface area contributed by atoms with Crippen LogP contribution >= 0.6 is 22.9 Å². The number of halogens is 1. The average Bonchev–Trinajstić information content (AvgIpc) is 3.05. The quantitative estimate of drug-likeness (QED) is 0.559. The molecule has 0 aliphatic carbocycles. The Labute approximate surface area is 154 Å². The molecule has 1 N–H and O–H groups in total. The van der Waals surface area contributed by atoms with Crippen molar-refractivity contribution >= 4 is 40.6 Å². The Balaban J connectivity index is 1.69. The van der Waals surface area contributed by atoms with Crippen LogP contribution in [0, 0.1) is 0 Å². The molecule has 1 aromatic carbocycles. The van der Waals surface area contributed by atoms with E-state index in [0.29, 0.717) is 9.21 Å². The number of hydrogen-bond acceptors (Lipinski definition) is 5. The largest absolute Gasteiger partial charge is 0.456 e. The molecule has 5 nitrogen and oxygen atoms in total. The van der Waals surface area contributed by atoms with Gasteiger partial charge in [-0.2, -0.15) is 0 Å². The van der Waals surface area contributed by atoms with Crippen LogP contribution in [0.2, 0.25) is 4.34 Å². The van der Waals surface area contributed by atoms with E-state index in [1.807, 2.05) is 37.3 Å². The summed E-state index contributed by atoms with van der Waals surface area (Å²) >= 11 is 6.94. The first-order valence-corrected chi connectivity index (χ1v) is 8.93. The number of nitrogens with one attached hydrogen (secondary N) is 1. The molecule has 132 valence electrons. The zero-order valence-electron chi connectivity index (χ0n) is 13.7. The predicted molar refractivity (Wildman–Crippen MR) is 96.9 cm³/mol. The van der Waals surface area contributed by atoms with Crippen molar-refractivity contribution in [2.24, 2.45) is 0 Å². The number of carbonyl (C=O) groups excluding carboxylic acids is 3. The minimum absolute atomic E-state index is 0.0255. The van der Waals surface area contributed by atoms with E-state index in [-0.39, 0.29) is 37.2 Å². The lowest BCUT2D eigenvalue weighted by Crippen LogP contribution is -2.31. The van der Waals surface area contributed by atoms with Gasteiger partial charge in [-0.25, -0.2) is 0 Å². The number of hydrogen-bond donors (Lipinski definition) is 1. The summed E-state index contributed by atoms with van der Waals surface area (Å²) in [5.74, 6) is -1.14. The second-order valence-electron chi connectivity index (χ2n) is 5.39. The summed E-state index contributed by atoms with van der Waals surface area (Å²) in [4.78, 5) is 35.9. The average molecular weight is 380 g/mol. The fourth-order valence-electron chi connectivity index (χ4n) is 2.13. The minimum atomic E-state index is -0.585. The summed E-state index contributed by atoms with van der Waals surface area (Å²) in [6.07, 6.45) is -0.0480. The third kappa shape index (κ3) is 6.32. The van der Waals surface area contributed by atoms with Gasteiger partial charge in [0.1, 0.15) is 0 Å². The standard InChI is InChI=1S/C18H18ClNO4S/c1-12(13-5-3-2-4-6-13)20-17(22)11-24-18(23)10-7-14(21)15-8-9-16(19)25-15/h2-6,8-9,12H,7,10-11H2,1H3,(H,20,22)/t12-/m1/s1. The van der Waals surface area contributed by atoms with E-state index >= 15 is 0 Å². The van der Waals surface area contributed by atoms with Crippen molar-refractivity contribution in [3.8, 4) is 0 Å². The van der Waals surface area contributed by atoms with Gasteiger partial charge in [0.15, 0.2) is 12.4 Å². The van der Waals surface area contributed by atoms with Crippen LogP contribution in [0.3, 0.4) is 0 Å². The van der Waals surface area contributed by atoms with Gasteiger partial charge in [-0.3, -0.25) is 14.4 Å². The highest BCUT2D eigenvalue weighted by molar-refractivity contribution is 7.18. The van der Waals surface area contributed by atoms with E-state index in [1.165, 1.54) is 11.3 Å². The third-order valence-electron chi connectivity index (χ3n) is 3.45. The van der Waals surface area contributed by atoms with E-state index in [9.17, 15) is 14.4 Å². The number of ether oxygens (including phenoxy) is 1. The van der Waals surface area contributed by atoms with Gasteiger partial charge in [0.2, 0.25) is 0 Å². The minimum Gasteiger partial charge on any atom is -0.456 e. The van der Waals surface area contributed by atoms with Crippen molar-refractivity contribution < 1.29 is 19.1 Å². The van der Waals surface area contributed by atoms with Crippen LogP contribution in [0.1, 0.15) is 41.0 Å². The zero-order chi connectivity index (χ0) is 18.2. The molecule has 0 bridgehead atoms. The fraction of sp³-hybridized carbons (Fsp3) is 0.278. The maximum atomic E-state index is 11.9. The van der Waals surface area contributed by atoms with E-state index in [0.717, 1.165) is 5.56 Å². The van der Waals surface area contributed by atoms with Gasteiger partial charge in [-0.15, -0.1) is 11.3 Å². The van der Waals surface area contributed by atoms with Gasteiger partial charge in [0.25, 0.3) is 5.91 Å². The van der Waals surface area contributed by atoms with Gasteiger partial charge < -0.3 is 10.1 Å². The maximum Gasteiger partial charge on any atom is 0.306 e. The van der Waals surface area contributed by atoms with Crippen LogP contribution in [-0.2, 0) is 14.3 Å². The van der Waals surface area contributed by atoms with Crippen LogP contribution in [0.5, 0.6) is 0 Å². The van der Waals surface area contributed by atoms with E-state index in [4.69, 9.17) is 16.3 Å². The summed E-state index contributed by atoms with van der Waals surface area (Å²) in [6, 6.07) is 12.5. The molecule has 0 saturated carbocycles. The number of carbonyl (C=O) groups is 3. The van der Waals surface area contributed by atoms with Gasteiger partial charge in [-0.1, -0.05) is 41.9 Å². The normalized spacial score (nSPS) is 11.6. The molecule has 2 rings (SSSR count). The third-order valence-corrected chi connectivity index (χ3v) is 4.72. The zero-order valence-corrected chi connectivity index (χ0v) is 15.2. The summed E-state index contributed by atoms with van der Waals surface area (Å²) in [5.41, 5.74) is 0.961. The van der Waals surface area contributed by atoms with Gasteiger partial charge in [0.05, 0.1) is 21.7 Å². The summed E-state index contributed by atoms with van der Waals surface area (Å²) in [6.45, 7) is 1.48. The summed E-state index contributed by atoms with van der Waals surface area (Å²) < 4.78 is 5.43. The van der Waals surface area contributed by atoms with Crippen molar-refractivity contribution in [2.45, 2.75) is 25.8 Å².